The summed E-state index contributed by atoms with van der Waals surface area (Å²) < 4.78 is 5.32. The van der Waals surface area contributed by atoms with Gasteiger partial charge in [0, 0.05) is 17.4 Å². The summed E-state index contributed by atoms with van der Waals surface area (Å²) in [5, 5.41) is 7.88. The van der Waals surface area contributed by atoms with Crippen molar-refractivity contribution >= 4 is 28.5 Å². The van der Waals surface area contributed by atoms with Gasteiger partial charge in [-0.05, 0) is 11.1 Å². The van der Waals surface area contributed by atoms with E-state index >= 15 is 0 Å². The van der Waals surface area contributed by atoms with E-state index in [1.165, 1.54) is 11.3 Å². The number of amides is 2. The Morgan fingerprint density at radius 2 is 1.45 bits per heavy atom. The van der Waals surface area contributed by atoms with Crippen LogP contribution in [-0.4, -0.2) is 23.0 Å². The summed E-state index contributed by atoms with van der Waals surface area (Å²) in [5.74, 6) is -0.357. The summed E-state index contributed by atoms with van der Waals surface area (Å²) in [6.07, 6.45) is -0.330. The lowest BCUT2D eigenvalue weighted by molar-refractivity contribution is -0.118. The summed E-state index contributed by atoms with van der Waals surface area (Å²) in [4.78, 5) is 30.0. The number of benzene rings is 3. The van der Waals surface area contributed by atoms with Crippen LogP contribution in [0.3, 0.4) is 0 Å². The number of alkyl carbamates (subject to hydrolysis) is 1. The maximum absolute atomic E-state index is 13.1. The number of thiazole rings is 1. The molecule has 2 amide bonds. The molecule has 1 heterocycles. The summed E-state index contributed by atoms with van der Waals surface area (Å²) in [7, 11) is 0. The lowest BCUT2D eigenvalue weighted by Crippen LogP contribution is -2.45. The maximum Gasteiger partial charge on any atom is 0.408 e. The molecule has 2 N–H and O–H groups in total. The molecule has 1 unspecified atom stereocenters. The molecule has 6 nitrogen and oxygen atoms in total. The molecule has 4 rings (SSSR count). The summed E-state index contributed by atoms with van der Waals surface area (Å²) in [6, 6.07) is 27.8. The van der Waals surface area contributed by atoms with Crippen molar-refractivity contribution in [3.8, 4) is 11.3 Å². The van der Waals surface area contributed by atoms with Crippen molar-refractivity contribution in [2.75, 3.05) is 5.32 Å². The molecular formula is C26H23N3O3S. The minimum Gasteiger partial charge on any atom is -0.445 e. The largest absolute Gasteiger partial charge is 0.445 e. The fourth-order valence-corrected chi connectivity index (χ4v) is 3.95. The highest BCUT2D eigenvalue weighted by molar-refractivity contribution is 7.14. The molecule has 33 heavy (non-hydrogen) atoms. The Hall–Kier alpha value is -3.97. The van der Waals surface area contributed by atoms with Gasteiger partial charge in [-0.2, -0.15) is 0 Å². The monoisotopic (exact) mass is 457 g/mol. The highest BCUT2D eigenvalue weighted by atomic mass is 32.1. The van der Waals surface area contributed by atoms with Crippen LogP contribution in [0.2, 0.25) is 0 Å². The number of anilines is 1. The Labute approximate surface area is 196 Å². The third-order valence-corrected chi connectivity index (χ3v) is 5.67. The van der Waals surface area contributed by atoms with Crippen molar-refractivity contribution in [2.45, 2.75) is 19.1 Å². The Kier molecular flexibility index (Phi) is 7.45. The Balaban J connectivity index is 1.42. The van der Waals surface area contributed by atoms with Crippen LogP contribution in [0.5, 0.6) is 0 Å². The number of hydrogen-bond acceptors (Lipinski definition) is 5. The second-order valence-electron chi connectivity index (χ2n) is 7.34. The number of carbonyl (C=O) groups excluding carboxylic acids is 2. The molecular weight excluding hydrogens is 434 g/mol. The number of aromatic nitrogens is 1. The number of carbonyl (C=O) groups is 2. The van der Waals surface area contributed by atoms with E-state index in [0.717, 1.165) is 22.4 Å². The van der Waals surface area contributed by atoms with Gasteiger partial charge in [-0.1, -0.05) is 91.0 Å². The van der Waals surface area contributed by atoms with Gasteiger partial charge in [0.05, 0.1) is 5.69 Å². The lowest BCUT2D eigenvalue weighted by atomic mass is 10.1. The Bertz CT molecular complexity index is 1180. The van der Waals surface area contributed by atoms with Gasteiger partial charge in [-0.25, -0.2) is 9.78 Å². The average Bonchev–Trinajstić information content (AvgIpc) is 3.33. The highest BCUT2D eigenvalue weighted by Gasteiger charge is 2.23. The van der Waals surface area contributed by atoms with Crippen molar-refractivity contribution in [3.63, 3.8) is 0 Å². The van der Waals surface area contributed by atoms with Crippen LogP contribution in [-0.2, 0) is 22.6 Å². The van der Waals surface area contributed by atoms with Crippen LogP contribution in [0.4, 0.5) is 9.93 Å². The zero-order valence-electron chi connectivity index (χ0n) is 17.8. The standard InChI is InChI=1S/C26H23N3O3S/c30-24(29-25-27-23(18-33-25)21-14-8-3-9-15-21)22(16-19-10-4-1-5-11-19)28-26(31)32-17-20-12-6-2-7-13-20/h1-15,18,22H,16-17H2,(H,28,31)(H,27,29,30). The quantitative estimate of drug-likeness (QED) is 0.377. The number of nitrogens with one attached hydrogen (secondary N) is 2. The normalized spacial score (nSPS) is 11.4. The van der Waals surface area contributed by atoms with Gasteiger partial charge in [0.25, 0.3) is 0 Å². The third-order valence-electron chi connectivity index (χ3n) is 4.91. The van der Waals surface area contributed by atoms with Gasteiger partial charge in [0.1, 0.15) is 12.6 Å². The number of ether oxygens (including phenoxy) is 1. The molecule has 0 bridgehead atoms. The van der Waals surface area contributed by atoms with Crippen LogP contribution in [0.15, 0.2) is 96.4 Å². The molecule has 0 aliphatic heterocycles. The highest BCUT2D eigenvalue weighted by Crippen LogP contribution is 2.24. The molecule has 4 aromatic rings. The second-order valence-corrected chi connectivity index (χ2v) is 8.20. The van der Waals surface area contributed by atoms with Crippen LogP contribution in [0.1, 0.15) is 11.1 Å². The zero-order valence-corrected chi connectivity index (χ0v) is 18.6. The van der Waals surface area contributed by atoms with Crippen LogP contribution in [0.25, 0.3) is 11.3 Å². The molecule has 7 heteroatoms. The summed E-state index contributed by atoms with van der Waals surface area (Å²) >= 11 is 1.34. The predicted octanol–water partition coefficient (Wildman–Crippen LogP) is 5.29. The summed E-state index contributed by atoms with van der Waals surface area (Å²) in [5.41, 5.74) is 3.54. The molecule has 3 aromatic carbocycles. The minimum atomic E-state index is -0.820. The van der Waals surface area contributed by atoms with Crippen molar-refractivity contribution in [1.82, 2.24) is 10.3 Å². The van der Waals surface area contributed by atoms with E-state index < -0.39 is 12.1 Å². The van der Waals surface area contributed by atoms with Gasteiger partial charge < -0.3 is 15.4 Å². The van der Waals surface area contributed by atoms with Crippen molar-refractivity contribution < 1.29 is 14.3 Å². The number of hydrogen-bond donors (Lipinski definition) is 2. The molecule has 0 aliphatic rings. The van der Waals surface area contributed by atoms with E-state index in [4.69, 9.17) is 4.74 Å². The van der Waals surface area contributed by atoms with E-state index in [2.05, 4.69) is 15.6 Å². The SMILES string of the molecule is O=C(NC(Cc1ccccc1)C(=O)Nc1nc(-c2ccccc2)cs1)OCc1ccccc1. The molecule has 0 aliphatic carbocycles. The molecule has 1 aromatic heterocycles. The number of nitrogens with zero attached hydrogens (tertiary/aromatic N) is 1. The van der Waals surface area contributed by atoms with E-state index in [-0.39, 0.29) is 12.5 Å². The van der Waals surface area contributed by atoms with E-state index in [9.17, 15) is 9.59 Å². The lowest BCUT2D eigenvalue weighted by Gasteiger charge is -2.18. The molecule has 0 radical (unpaired) electrons. The van der Waals surface area contributed by atoms with Crippen LogP contribution in [0, 0.1) is 0 Å². The maximum atomic E-state index is 13.1. The van der Waals surface area contributed by atoms with Gasteiger partial charge in [-0.3, -0.25) is 4.79 Å². The van der Waals surface area contributed by atoms with E-state index in [0.29, 0.717) is 11.6 Å². The smallest absolute Gasteiger partial charge is 0.408 e. The van der Waals surface area contributed by atoms with Gasteiger partial charge >= 0.3 is 6.09 Å². The van der Waals surface area contributed by atoms with Crippen LogP contribution >= 0.6 is 11.3 Å². The first-order chi connectivity index (χ1) is 16.2. The Morgan fingerprint density at radius 1 is 0.848 bits per heavy atom. The molecule has 0 fully saturated rings. The van der Waals surface area contributed by atoms with Crippen molar-refractivity contribution in [1.29, 1.82) is 0 Å². The van der Waals surface area contributed by atoms with E-state index in [1.54, 1.807) is 0 Å². The van der Waals surface area contributed by atoms with Gasteiger partial charge in [0.2, 0.25) is 5.91 Å². The third kappa shape index (κ3) is 6.51. The first-order valence-corrected chi connectivity index (χ1v) is 11.4. The average molecular weight is 458 g/mol. The van der Waals surface area contributed by atoms with Crippen molar-refractivity contribution in [2.24, 2.45) is 0 Å². The zero-order chi connectivity index (χ0) is 22.9. The fraction of sp³-hybridized carbons (Fsp3) is 0.115. The van der Waals surface area contributed by atoms with Crippen LogP contribution < -0.4 is 10.6 Å². The molecule has 0 spiro atoms. The minimum absolute atomic E-state index is 0.124. The molecule has 166 valence electrons. The fourth-order valence-electron chi connectivity index (χ4n) is 3.23. The summed E-state index contributed by atoms with van der Waals surface area (Å²) in [6.45, 7) is 0.124. The molecule has 0 saturated carbocycles. The Morgan fingerprint density at radius 3 is 2.12 bits per heavy atom. The number of rotatable bonds is 8. The topological polar surface area (TPSA) is 80.3 Å². The first-order valence-electron chi connectivity index (χ1n) is 10.5. The van der Waals surface area contributed by atoms with Crippen molar-refractivity contribution in [3.05, 3.63) is 108 Å². The molecule has 1 atom stereocenters. The first kappa shape index (κ1) is 22.2. The van der Waals surface area contributed by atoms with Gasteiger partial charge in [0.15, 0.2) is 5.13 Å². The second kappa shape index (κ2) is 11.1. The molecule has 0 saturated heterocycles. The van der Waals surface area contributed by atoms with E-state index in [1.807, 2.05) is 96.4 Å². The predicted molar refractivity (Wildman–Crippen MR) is 130 cm³/mol. The van der Waals surface area contributed by atoms with Gasteiger partial charge in [-0.15, -0.1) is 11.3 Å².